The second-order valence-electron chi connectivity index (χ2n) is 1.19. The maximum atomic E-state index is 11.8. The molecular weight excluding hydrogens is 95.1 g/mol. The molecule has 0 aliphatic rings. The maximum absolute atomic E-state index is 11.8. The summed E-state index contributed by atoms with van der Waals surface area (Å²) in [4.78, 5) is 0. The number of hydrogen-bond donors (Lipinski definition) is 1. The van der Waals surface area contributed by atoms with Crippen molar-refractivity contribution < 1.29 is 9.50 Å². The van der Waals surface area contributed by atoms with Crippen molar-refractivity contribution in [1.29, 1.82) is 0 Å². The number of aliphatic hydroxyl groups excluding tert-OH is 1. The van der Waals surface area contributed by atoms with Crippen molar-refractivity contribution in [2.45, 2.75) is 13.3 Å². The lowest BCUT2D eigenvalue weighted by atomic mass is 10.4. The second kappa shape index (κ2) is 3.81. The van der Waals surface area contributed by atoms with Gasteiger partial charge in [-0.05, 0) is 12.5 Å². The molecule has 0 aliphatic heterocycles. The van der Waals surface area contributed by atoms with E-state index in [1.807, 2.05) is 0 Å². The third kappa shape index (κ3) is 3.46. The van der Waals surface area contributed by atoms with Crippen LogP contribution in [0.15, 0.2) is 11.9 Å². The van der Waals surface area contributed by atoms with E-state index >= 15 is 0 Å². The molecule has 0 aromatic heterocycles. The van der Waals surface area contributed by atoms with Crippen molar-refractivity contribution in [2.75, 3.05) is 6.61 Å². The SMILES string of the molecule is CC/C(F)=C/CO. The molecule has 0 bridgehead atoms. The van der Waals surface area contributed by atoms with Crippen LogP contribution in [0, 0.1) is 0 Å². The first kappa shape index (κ1) is 6.63. The van der Waals surface area contributed by atoms with Crippen LogP contribution in [0.1, 0.15) is 13.3 Å². The Labute approximate surface area is 42.5 Å². The first-order chi connectivity index (χ1) is 3.31. The molecule has 0 unspecified atom stereocenters. The van der Waals surface area contributed by atoms with Gasteiger partial charge in [0.2, 0.25) is 0 Å². The van der Waals surface area contributed by atoms with Gasteiger partial charge in [-0.3, -0.25) is 0 Å². The molecule has 0 atom stereocenters. The van der Waals surface area contributed by atoms with Crippen molar-refractivity contribution >= 4 is 0 Å². The van der Waals surface area contributed by atoms with Crippen LogP contribution < -0.4 is 0 Å². The highest BCUT2D eigenvalue weighted by molar-refractivity contribution is 4.89. The average Bonchev–Trinajstić information content (AvgIpc) is 1.68. The Bertz CT molecular complexity index is 68.5. The zero-order valence-electron chi connectivity index (χ0n) is 4.32. The predicted molar refractivity (Wildman–Crippen MR) is 26.6 cm³/mol. The third-order valence-electron chi connectivity index (χ3n) is 0.651. The van der Waals surface area contributed by atoms with E-state index in [0.717, 1.165) is 6.08 Å². The standard InChI is InChI=1S/C5H9FO/c1-2-5(6)3-4-7/h3,7H,2,4H2,1H3/b5-3-. The van der Waals surface area contributed by atoms with E-state index in [-0.39, 0.29) is 12.4 Å². The van der Waals surface area contributed by atoms with Gasteiger partial charge in [-0.2, -0.15) is 0 Å². The Hall–Kier alpha value is -0.370. The molecule has 1 N–H and O–H groups in total. The van der Waals surface area contributed by atoms with Crippen molar-refractivity contribution in [1.82, 2.24) is 0 Å². The van der Waals surface area contributed by atoms with E-state index in [0.29, 0.717) is 6.42 Å². The Morgan fingerprint density at radius 2 is 2.43 bits per heavy atom. The summed E-state index contributed by atoms with van der Waals surface area (Å²) in [5.74, 6) is -0.248. The van der Waals surface area contributed by atoms with Crippen molar-refractivity contribution in [3.63, 3.8) is 0 Å². The fourth-order valence-electron chi connectivity index (χ4n) is 0.243. The normalized spacial score (nSPS) is 12.1. The lowest BCUT2D eigenvalue weighted by Crippen LogP contribution is -1.74. The van der Waals surface area contributed by atoms with Crippen LogP contribution >= 0.6 is 0 Å². The molecule has 0 heterocycles. The van der Waals surface area contributed by atoms with Gasteiger partial charge in [-0.25, -0.2) is 4.39 Å². The molecule has 7 heavy (non-hydrogen) atoms. The van der Waals surface area contributed by atoms with E-state index in [2.05, 4.69) is 0 Å². The van der Waals surface area contributed by atoms with Crippen LogP contribution in [0.3, 0.4) is 0 Å². The van der Waals surface area contributed by atoms with E-state index in [1.165, 1.54) is 0 Å². The summed E-state index contributed by atoms with van der Waals surface area (Å²) in [5, 5.41) is 8.05. The van der Waals surface area contributed by atoms with Gasteiger partial charge in [0.25, 0.3) is 0 Å². The Morgan fingerprint density at radius 3 is 2.57 bits per heavy atom. The lowest BCUT2D eigenvalue weighted by Gasteiger charge is -1.83. The van der Waals surface area contributed by atoms with Gasteiger partial charge in [-0.1, -0.05) is 6.92 Å². The molecule has 0 spiro atoms. The number of hydrogen-bond acceptors (Lipinski definition) is 1. The van der Waals surface area contributed by atoms with E-state index in [4.69, 9.17) is 5.11 Å². The largest absolute Gasteiger partial charge is 0.392 e. The first-order valence-electron chi connectivity index (χ1n) is 2.26. The molecule has 42 valence electrons. The topological polar surface area (TPSA) is 20.2 Å². The van der Waals surface area contributed by atoms with Crippen LogP contribution in [-0.4, -0.2) is 11.7 Å². The van der Waals surface area contributed by atoms with Crippen LogP contribution in [0.4, 0.5) is 4.39 Å². The first-order valence-corrected chi connectivity index (χ1v) is 2.26. The predicted octanol–water partition coefficient (Wildman–Crippen LogP) is 1.24. The summed E-state index contributed by atoms with van der Waals surface area (Å²) >= 11 is 0. The average molecular weight is 104 g/mol. The molecule has 0 radical (unpaired) electrons. The number of aliphatic hydroxyl groups is 1. The molecule has 0 amide bonds. The highest BCUT2D eigenvalue weighted by Crippen LogP contribution is 1.98. The van der Waals surface area contributed by atoms with Gasteiger partial charge < -0.3 is 5.11 Å². The minimum atomic E-state index is -0.248. The molecule has 2 heteroatoms. The van der Waals surface area contributed by atoms with Crippen molar-refractivity contribution in [2.24, 2.45) is 0 Å². The van der Waals surface area contributed by atoms with Crippen molar-refractivity contribution in [3.8, 4) is 0 Å². The van der Waals surface area contributed by atoms with Crippen LogP contribution in [0.2, 0.25) is 0 Å². The molecule has 0 aromatic carbocycles. The van der Waals surface area contributed by atoms with Gasteiger partial charge in [-0.15, -0.1) is 0 Å². The number of rotatable bonds is 2. The van der Waals surface area contributed by atoms with Gasteiger partial charge in [0.15, 0.2) is 0 Å². The van der Waals surface area contributed by atoms with Crippen LogP contribution in [-0.2, 0) is 0 Å². The summed E-state index contributed by atoms with van der Waals surface area (Å²) in [6, 6.07) is 0. The smallest absolute Gasteiger partial charge is 0.0979 e. The molecular formula is C5H9FO. The van der Waals surface area contributed by atoms with E-state index in [9.17, 15) is 4.39 Å². The van der Waals surface area contributed by atoms with E-state index < -0.39 is 0 Å². The summed E-state index contributed by atoms with van der Waals surface area (Å²) in [7, 11) is 0. The van der Waals surface area contributed by atoms with Crippen molar-refractivity contribution in [3.05, 3.63) is 11.9 Å². The lowest BCUT2D eigenvalue weighted by molar-refractivity contribution is 0.338. The summed E-state index contributed by atoms with van der Waals surface area (Å²) < 4.78 is 11.8. The fraction of sp³-hybridized carbons (Fsp3) is 0.600. The molecule has 0 rings (SSSR count). The Balaban J connectivity index is 3.29. The summed E-state index contributed by atoms with van der Waals surface area (Å²) in [6.07, 6.45) is 1.53. The van der Waals surface area contributed by atoms with E-state index in [1.54, 1.807) is 6.92 Å². The zero-order chi connectivity index (χ0) is 5.70. The van der Waals surface area contributed by atoms with Crippen LogP contribution in [0.25, 0.3) is 0 Å². The van der Waals surface area contributed by atoms with Gasteiger partial charge in [0.05, 0.1) is 12.4 Å². The molecule has 1 nitrogen and oxygen atoms in total. The van der Waals surface area contributed by atoms with Gasteiger partial charge in [0.1, 0.15) is 0 Å². The zero-order valence-corrected chi connectivity index (χ0v) is 4.32. The maximum Gasteiger partial charge on any atom is 0.0979 e. The Kier molecular flexibility index (Phi) is 3.61. The minimum absolute atomic E-state index is 0.195. The monoisotopic (exact) mass is 104 g/mol. The molecule has 0 saturated carbocycles. The molecule has 0 saturated heterocycles. The number of halogens is 1. The highest BCUT2D eigenvalue weighted by Gasteiger charge is 1.83. The minimum Gasteiger partial charge on any atom is -0.392 e. The molecule has 0 fully saturated rings. The summed E-state index contributed by atoms with van der Waals surface area (Å²) in [6.45, 7) is 1.50. The summed E-state index contributed by atoms with van der Waals surface area (Å²) in [5.41, 5.74) is 0. The van der Waals surface area contributed by atoms with Crippen LogP contribution in [0.5, 0.6) is 0 Å². The molecule has 0 aromatic rings. The Morgan fingerprint density at radius 1 is 1.86 bits per heavy atom. The second-order valence-corrected chi connectivity index (χ2v) is 1.19. The fourth-order valence-corrected chi connectivity index (χ4v) is 0.243. The third-order valence-corrected chi connectivity index (χ3v) is 0.651. The molecule has 0 aliphatic carbocycles. The highest BCUT2D eigenvalue weighted by atomic mass is 19.1. The number of allylic oxidation sites excluding steroid dienone is 1. The quantitative estimate of drug-likeness (QED) is 0.558. The van der Waals surface area contributed by atoms with Gasteiger partial charge in [0, 0.05) is 0 Å². The van der Waals surface area contributed by atoms with Gasteiger partial charge >= 0.3 is 0 Å².